The van der Waals surface area contributed by atoms with Crippen molar-refractivity contribution in [3.8, 4) is 5.75 Å². The van der Waals surface area contributed by atoms with E-state index < -0.39 is 0 Å². The summed E-state index contributed by atoms with van der Waals surface area (Å²) in [6, 6.07) is 7.72. The van der Waals surface area contributed by atoms with E-state index in [9.17, 15) is 4.79 Å². The van der Waals surface area contributed by atoms with Crippen molar-refractivity contribution < 1.29 is 9.53 Å². The molecule has 1 heterocycles. The number of rotatable bonds is 4. The van der Waals surface area contributed by atoms with Gasteiger partial charge in [0.05, 0.1) is 13.5 Å². The standard InChI is InChI=1S/C16H24N2O2/c1-16(17-2)8-10-18(11-9-16)15(19)12-13-6-4-5-7-14(13)20-3/h4-7,17H,8-12H2,1-3H3. The highest BCUT2D eigenvalue weighted by molar-refractivity contribution is 5.79. The lowest BCUT2D eigenvalue weighted by molar-refractivity contribution is -0.132. The molecule has 0 spiro atoms. The van der Waals surface area contributed by atoms with Gasteiger partial charge >= 0.3 is 0 Å². The first kappa shape index (κ1) is 14.9. The third-order valence-electron chi connectivity index (χ3n) is 4.36. The summed E-state index contributed by atoms with van der Waals surface area (Å²) in [6.07, 6.45) is 2.42. The van der Waals surface area contributed by atoms with Gasteiger partial charge in [0.15, 0.2) is 0 Å². The first-order valence-corrected chi connectivity index (χ1v) is 7.16. The third-order valence-corrected chi connectivity index (χ3v) is 4.36. The molecule has 1 fully saturated rings. The van der Waals surface area contributed by atoms with Gasteiger partial charge in [-0.25, -0.2) is 0 Å². The van der Waals surface area contributed by atoms with E-state index in [1.807, 2.05) is 36.2 Å². The van der Waals surface area contributed by atoms with Gasteiger partial charge in [-0.1, -0.05) is 18.2 Å². The van der Waals surface area contributed by atoms with Crippen LogP contribution in [0.4, 0.5) is 0 Å². The van der Waals surface area contributed by atoms with Gasteiger partial charge in [0.2, 0.25) is 5.91 Å². The minimum atomic E-state index is 0.168. The van der Waals surface area contributed by atoms with Crippen molar-refractivity contribution in [2.24, 2.45) is 0 Å². The lowest BCUT2D eigenvalue weighted by Crippen LogP contribution is -2.51. The highest BCUT2D eigenvalue weighted by Gasteiger charge is 2.30. The Bertz CT molecular complexity index is 465. The molecule has 0 radical (unpaired) electrons. The lowest BCUT2D eigenvalue weighted by Gasteiger charge is -2.39. The molecule has 0 unspecified atom stereocenters. The van der Waals surface area contributed by atoms with Crippen LogP contribution in [0, 0.1) is 0 Å². The second-order valence-electron chi connectivity index (χ2n) is 5.68. The summed E-state index contributed by atoms with van der Waals surface area (Å²) >= 11 is 0. The molecular formula is C16H24N2O2. The molecule has 20 heavy (non-hydrogen) atoms. The van der Waals surface area contributed by atoms with Crippen LogP contribution in [0.1, 0.15) is 25.3 Å². The van der Waals surface area contributed by atoms with Crippen LogP contribution >= 0.6 is 0 Å². The van der Waals surface area contributed by atoms with Crippen molar-refractivity contribution in [2.75, 3.05) is 27.2 Å². The Hall–Kier alpha value is -1.55. The van der Waals surface area contributed by atoms with Gasteiger partial charge in [-0.15, -0.1) is 0 Å². The van der Waals surface area contributed by atoms with Crippen LogP contribution in [0.3, 0.4) is 0 Å². The molecule has 0 saturated carbocycles. The Morgan fingerprint density at radius 2 is 2.00 bits per heavy atom. The van der Waals surface area contributed by atoms with E-state index in [-0.39, 0.29) is 11.4 Å². The van der Waals surface area contributed by atoms with Gasteiger partial charge in [0.1, 0.15) is 5.75 Å². The summed E-state index contributed by atoms with van der Waals surface area (Å²) in [5, 5.41) is 3.35. The monoisotopic (exact) mass is 276 g/mol. The number of likely N-dealkylation sites (tertiary alicyclic amines) is 1. The Labute approximate surface area is 121 Å². The van der Waals surface area contributed by atoms with E-state index in [2.05, 4.69) is 12.2 Å². The molecule has 0 bridgehead atoms. The maximum Gasteiger partial charge on any atom is 0.227 e. The Morgan fingerprint density at radius 1 is 1.35 bits per heavy atom. The lowest BCUT2D eigenvalue weighted by atomic mass is 9.89. The van der Waals surface area contributed by atoms with Gasteiger partial charge in [-0.05, 0) is 32.9 Å². The molecule has 110 valence electrons. The van der Waals surface area contributed by atoms with Gasteiger partial charge in [0.25, 0.3) is 0 Å². The number of para-hydroxylation sites is 1. The van der Waals surface area contributed by atoms with Crippen molar-refractivity contribution in [2.45, 2.75) is 31.7 Å². The number of methoxy groups -OCH3 is 1. The molecule has 1 saturated heterocycles. The van der Waals surface area contributed by atoms with E-state index in [0.29, 0.717) is 6.42 Å². The predicted octanol–water partition coefficient (Wildman–Crippen LogP) is 1.84. The zero-order valence-electron chi connectivity index (χ0n) is 12.6. The van der Waals surface area contributed by atoms with Crippen LogP contribution in [-0.4, -0.2) is 43.6 Å². The summed E-state index contributed by atoms with van der Waals surface area (Å²) in [7, 11) is 3.63. The van der Waals surface area contributed by atoms with Gasteiger partial charge in [-0.2, -0.15) is 0 Å². The van der Waals surface area contributed by atoms with Gasteiger partial charge in [-0.3, -0.25) is 4.79 Å². The topological polar surface area (TPSA) is 41.6 Å². The number of carbonyl (C=O) groups excluding carboxylic acids is 1. The molecule has 0 aliphatic carbocycles. The smallest absolute Gasteiger partial charge is 0.227 e. The Kier molecular flexibility index (Phi) is 4.65. The quantitative estimate of drug-likeness (QED) is 0.912. The minimum absolute atomic E-state index is 0.168. The number of hydrogen-bond acceptors (Lipinski definition) is 3. The normalized spacial score (nSPS) is 17.9. The fraction of sp³-hybridized carbons (Fsp3) is 0.562. The van der Waals surface area contributed by atoms with Crippen molar-refractivity contribution in [3.63, 3.8) is 0 Å². The number of hydrogen-bond donors (Lipinski definition) is 1. The molecular weight excluding hydrogens is 252 g/mol. The molecule has 1 aliphatic rings. The fourth-order valence-corrected chi connectivity index (χ4v) is 2.62. The summed E-state index contributed by atoms with van der Waals surface area (Å²) in [5.74, 6) is 0.977. The van der Waals surface area contributed by atoms with E-state index in [1.165, 1.54) is 0 Å². The highest BCUT2D eigenvalue weighted by atomic mass is 16.5. The molecule has 1 aliphatic heterocycles. The number of ether oxygens (including phenoxy) is 1. The van der Waals surface area contributed by atoms with Crippen LogP contribution in [0.5, 0.6) is 5.75 Å². The van der Waals surface area contributed by atoms with Crippen LogP contribution in [0.25, 0.3) is 0 Å². The van der Waals surface area contributed by atoms with E-state index >= 15 is 0 Å². The maximum absolute atomic E-state index is 12.4. The van der Waals surface area contributed by atoms with Crippen molar-refractivity contribution in [1.82, 2.24) is 10.2 Å². The number of piperidine rings is 1. The second kappa shape index (κ2) is 6.27. The molecule has 4 nitrogen and oxygen atoms in total. The van der Waals surface area contributed by atoms with Crippen LogP contribution in [0.15, 0.2) is 24.3 Å². The van der Waals surface area contributed by atoms with E-state index in [4.69, 9.17) is 4.74 Å². The van der Waals surface area contributed by atoms with Gasteiger partial charge in [0, 0.05) is 24.2 Å². The summed E-state index contributed by atoms with van der Waals surface area (Å²) in [6.45, 7) is 3.87. The van der Waals surface area contributed by atoms with E-state index in [1.54, 1.807) is 7.11 Å². The third kappa shape index (κ3) is 3.31. The summed E-state index contributed by atoms with van der Waals surface area (Å²) in [5.41, 5.74) is 1.13. The molecule has 1 aromatic carbocycles. The molecule has 1 amide bonds. The minimum Gasteiger partial charge on any atom is -0.496 e. The van der Waals surface area contributed by atoms with Gasteiger partial charge < -0.3 is 15.0 Å². The van der Waals surface area contributed by atoms with Crippen molar-refractivity contribution in [3.05, 3.63) is 29.8 Å². The zero-order valence-corrected chi connectivity index (χ0v) is 12.6. The highest BCUT2D eigenvalue weighted by Crippen LogP contribution is 2.23. The molecule has 0 aromatic heterocycles. The largest absolute Gasteiger partial charge is 0.496 e. The Balaban J connectivity index is 1.96. The van der Waals surface area contributed by atoms with Crippen molar-refractivity contribution in [1.29, 1.82) is 0 Å². The van der Waals surface area contributed by atoms with Crippen LogP contribution in [-0.2, 0) is 11.2 Å². The fourth-order valence-electron chi connectivity index (χ4n) is 2.62. The summed E-state index contributed by atoms with van der Waals surface area (Å²) in [4.78, 5) is 14.3. The average molecular weight is 276 g/mol. The zero-order chi connectivity index (χ0) is 14.6. The predicted molar refractivity (Wildman–Crippen MR) is 80.0 cm³/mol. The number of carbonyl (C=O) groups is 1. The number of benzene rings is 1. The first-order chi connectivity index (χ1) is 9.58. The number of nitrogens with one attached hydrogen (secondary N) is 1. The SMILES string of the molecule is CNC1(C)CCN(C(=O)Cc2ccccc2OC)CC1. The van der Waals surface area contributed by atoms with E-state index in [0.717, 1.165) is 37.2 Å². The number of amides is 1. The molecule has 2 rings (SSSR count). The maximum atomic E-state index is 12.4. The van der Waals surface area contributed by atoms with Crippen LogP contribution < -0.4 is 10.1 Å². The van der Waals surface area contributed by atoms with Crippen LogP contribution in [0.2, 0.25) is 0 Å². The molecule has 4 heteroatoms. The summed E-state index contributed by atoms with van der Waals surface area (Å²) < 4.78 is 5.30. The molecule has 1 aromatic rings. The molecule has 0 atom stereocenters. The van der Waals surface area contributed by atoms with Crippen molar-refractivity contribution >= 4 is 5.91 Å². The average Bonchev–Trinajstić information content (AvgIpc) is 2.48. The number of nitrogens with zero attached hydrogens (tertiary/aromatic N) is 1. The first-order valence-electron chi connectivity index (χ1n) is 7.16. The second-order valence-corrected chi connectivity index (χ2v) is 5.68. The molecule has 1 N–H and O–H groups in total. The Morgan fingerprint density at radius 3 is 2.60 bits per heavy atom.